The Hall–Kier alpha value is -1.91. The summed E-state index contributed by atoms with van der Waals surface area (Å²) in [5, 5.41) is 13.3. The van der Waals surface area contributed by atoms with Gasteiger partial charge in [0.25, 0.3) is 0 Å². The Morgan fingerprint density at radius 3 is 2.44 bits per heavy atom. The third-order valence-electron chi connectivity index (χ3n) is 4.32. The first-order valence-corrected chi connectivity index (χ1v) is 8.57. The molecule has 134 valence electrons. The Bertz CT molecular complexity index is 713. The molecule has 2 N–H and O–H groups in total. The first-order valence-electron chi connectivity index (χ1n) is 8.19. The highest BCUT2D eigenvalue weighted by atomic mass is 35.5. The topological polar surface area (TPSA) is 49.3 Å². The minimum Gasteiger partial charge on any atom is -0.386 e. The number of hydrogen-bond acceptors (Lipinski definition) is 2. The Balaban J connectivity index is 2.05. The number of hydrogen-bond donors (Lipinski definition) is 2. The summed E-state index contributed by atoms with van der Waals surface area (Å²) >= 11 is 5.98. The van der Waals surface area contributed by atoms with Gasteiger partial charge in [0.15, 0.2) is 0 Å². The van der Waals surface area contributed by atoms with Crippen molar-refractivity contribution in [3.8, 4) is 0 Å². The fraction of sp³-hybridized carbons (Fsp3) is 0.350. The fourth-order valence-corrected chi connectivity index (χ4v) is 3.09. The normalized spacial score (nSPS) is 14.0. The van der Waals surface area contributed by atoms with Crippen LogP contribution in [0.5, 0.6) is 0 Å². The largest absolute Gasteiger partial charge is 0.386 e. The van der Waals surface area contributed by atoms with Gasteiger partial charge in [0.2, 0.25) is 5.91 Å². The van der Waals surface area contributed by atoms with Gasteiger partial charge in [-0.15, -0.1) is 0 Å². The molecule has 0 aliphatic heterocycles. The molecule has 2 aromatic carbocycles. The molecule has 2 atom stereocenters. The van der Waals surface area contributed by atoms with Crippen molar-refractivity contribution in [2.75, 3.05) is 0 Å². The molecule has 1 amide bonds. The van der Waals surface area contributed by atoms with Crippen LogP contribution in [0.4, 0.5) is 4.39 Å². The maximum absolute atomic E-state index is 13.9. The molecule has 3 nitrogen and oxygen atoms in total. The lowest BCUT2D eigenvalue weighted by atomic mass is 9.81. The van der Waals surface area contributed by atoms with Crippen molar-refractivity contribution in [2.24, 2.45) is 0 Å². The summed E-state index contributed by atoms with van der Waals surface area (Å²) < 4.78 is 13.9. The maximum atomic E-state index is 13.9. The van der Waals surface area contributed by atoms with E-state index in [1.54, 1.807) is 6.92 Å². The van der Waals surface area contributed by atoms with E-state index in [0.29, 0.717) is 0 Å². The highest BCUT2D eigenvalue weighted by Gasteiger charge is 2.28. The van der Waals surface area contributed by atoms with Crippen LogP contribution in [0, 0.1) is 5.82 Å². The van der Waals surface area contributed by atoms with E-state index in [9.17, 15) is 14.3 Å². The Morgan fingerprint density at radius 2 is 1.84 bits per heavy atom. The number of amides is 1. The molecule has 0 heterocycles. The summed E-state index contributed by atoms with van der Waals surface area (Å²) in [6.07, 6.45) is -0.975. The second-order valence-electron chi connectivity index (χ2n) is 6.86. The molecule has 0 aliphatic carbocycles. The lowest BCUT2D eigenvalue weighted by Gasteiger charge is -2.27. The molecule has 2 rings (SSSR count). The second kappa shape index (κ2) is 7.98. The van der Waals surface area contributed by atoms with Crippen molar-refractivity contribution in [2.45, 2.75) is 44.8 Å². The van der Waals surface area contributed by atoms with Gasteiger partial charge in [0.1, 0.15) is 11.9 Å². The van der Waals surface area contributed by atoms with E-state index in [0.717, 1.165) is 5.56 Å². The predicted octanol–water partition coefficient (Wildman–Crippen LogP) is 4.39. The van der Waals surface area contributed by atoms with Gasteiger partial charge >= 0.3 is 0 Å². The van der Waals surface area contributed by atoms with Crippen LogP contribution in [-0.4, -0.2) is 17.1 Å². The second-order valence-corrected chi connectivity index (χ2v) is 7.27. The minimum atomic E-state index is -1.22. The standard InChI is InChI=1S/C20H23ClFNO2/c1-13(19(25)18-15(21)10-7-11-16(18)22)23-17(24)12-20(2,3)14-8-5-4-6-9-14/h4-11,13,19,25H,12H2,1-3H3,(H,23,24)/t13-,19-/m0/s1. The molecular weight excluding hydrogens is 341 g/mol. The number of nitrogens with one attached hydrogen (secondary N) is 1. The van der Waals surface area contributed by atoms with Crippen molar-refractivity contribution in [1.82, 2.24) is 5.32 Å². The van der Waals surface area contributed by atoms with Gasteiger partial charge in [-0.2, -0.15) is 0 Å². The average molecular weight is 364 g/mol. The third-order valence-corrected chi connectivity index (χ3v) is 4.65. The van der Waals surface area contributed by atoms with Crippen LogP contribution in [0.2, 0.25) is 5.02 Å². The van der Waals surface area contributed by atoms with Crippen LogP contribution in [0.3, 0.4) is 0 Å². The molecule has 0 unspecified atom stereocenters. The quantitative estimate of drug-likeness (QED) is 0.799. The van der Waals surface area contributed by atoms with Gasteiger partial charge in [-0.05, 0) is 30.0 Å². The number of rotatable bonds is 6. The van der Waals surface area contributed by atoms with Gasteiger partial charge < -0.3 is 10.4 Å². The molecule has 5 heteroatoms. The van der Waals surface area contributed by atoms with E-state index >= 15 is 0 Å². The van der Waals surface area contributed by atoms with Crippen LogP contribution < -0.4 is 5.32 Å². The van der Waals surface area contributed by atoms with E-state index < -0.39 is 18.0 Å². The zero-order valence-electron chi connectivity index (χ0n) is 14.6. The smallest absolute Gasteiger partial charge is 0.221 e. The van der Waals surface area contributed by atoms with Crippen LogP contribution >= 0.6 is 11.6 Å². The summed E-state index contributed by atoms with van der Waals surface area (Å²) in [4.78, 5) is 12.4. The molecule has 25 heavy (non-hydrogen) atoms. The Morgan fingerprint density at radius 1 is 1.20 bits per heavy atom. The Labute approximate surface area is 152 Å². The molecule has 0 bridgehead atoms. The summed E-state index contributed by atoms with van der Waals surface area (Å²) in [6.45, 7) is 5.59. The lowest BCUT2D eigenvalue weighted by Crippen LogP contribution is -2.40. The average Bonchev–Trinajstić information content (AvgIpc) is 2.54. The number of benzene rings is 2. The minimum absolute atomic E-state index is 0.000661. The molecule has 0 fully saturated rings. The van der Waals surface area contributed by atoms with Crippen molar-refractivity contribution >= 4 is 17.5 Å². The van der Waals surface area contributed by atoms with Gasteiger partial charge in [-0.3, -0.25) is 4.79 Å². The fourth-order valence-electron chi connectivity index (χ4n) is 2.82. The van der Waals surface area contributed by atoms with Crippen LogP contribution in [0.15, 0.2) is 48.5 Å². The van der Waals surface area contributed by atoms with Crippen LogP contribution in [-0.2, 0) is 10.2 Å². The summed E-state index contributed by atoms with van der Waals surface area (Å²) in [7, 11) is 0. The number of halogens is 2. The molecular formula is C20H23ClFNO2. The van der Waals surface area contributed by atoms with E-state index in [1.807, 2.05) is 44.2 Å². The monoisotopic (exact) mass is 363 g/mol. The van der Waals surface area contributed by atoms with E-state index in [1.165, 1.54) is 18.2 Å². The number of aliphatic hydroxyl groups is 1. The van der Waals surface area contributed by atoms with E-state index in [-0.39, 0.29) is 28.3 Å². The number of carbonyl (C=O) groups excluding carboxylic acids is 1. The van der Waals surface area contributed by atoms with Crippen molar-refractivity contribution < 1.29 is 14.3 Å². The van der Waals surface area contributed by atoms with Gasteiger partial charge in [0, 0.05) is 17.0 Å². The summed E-state index contributed by atoms with van der Waals surface area (Å²) in [5.41, 5.74) is 0.695. The van der Waals surface area contributed by atoms with Crippen molar-refractivity contribution in [1.29, 1.82) is 0 Å². The van der Waals surface area contributed by atoms with Crippen LogP contribution in [0.1, 0.15) is 44.4 Å². The first-order chi connectivity index (χ1) is 11.7. The predicted molar refractivity (Wildman–Crippen MR) is 98.1 cm³/mol. The molecule has 0 spiro atoms. The number of aliphatic hydroxyl groups excluding tert-OH is 1. The van der Waals surface area contributed by atoms with E-state index in [2.05, 4.69) is 5.32 Å². The molecule has 0 saturated heterocycles. The lowest BCUT2D eigenvalue weighted by molar-refractivity contribution is -0.123. The number of carbonyl (C=O) groups is 1. The summed E-state index contributed by atoms with van der Waals surface area (Å²) in [5.74, 6) is -0.807. The third kappa shape index (κ3) is 4.80. The van der Waals surface area contributed by atoms with E-state index in [4.69, 9.17) is 11.6 Å². The summed E-state index contributed by atoms with van der Waals surface area (Å²) in [6, 6.07) is 13.3. The zero-order chi connectivity index (χ0) is 18.6. The molecule has 0 saturated carbocycles. The zero-order valence-corrected chi connectivity index (χ0v) is 15.3. The van der Waals surface area contributed by atoms with Crippen molar-refractivity contribution in [3.05, 3.63) is 70.5 Å². The highest BCUT2D eigenvalue weighted by molar-refractivity contribution is 6.31. The van der Waals surface area contributed by atoms with Crippen molar-refractivity contribution in [3.63, 3.8) is 0 Å². The van der Waals surface area contributed by atoms with Crippen LogP contribution in [0.25, 0.3) is 0 Å². The molecule has 0 aliphatic rings. The molecule has 0 aromatic heterocycles. The molecule has 0 radical (unpaired) electrons. The van der Waals surface area contributed by atoms with Gasteiger partial charge in [-0.1, -0.05) is 61.8 Å². The highest BCUT2D eigenvalue weighted by Crippen LogP contribution is 2.29. The Kier molecular flexibility index (Phi) is 6.20. The maximum Gasteiger partial charge on any atom is 0.221 e. The van der Waals surface area contributed by atoms with Gasteiger partial charge in [-0.25, -0.2) is 4.39 Å². The first kappa shape index (κ1) is 19.4. The molecule has 2 aromatic rings. The SMILES string of the molecule is C[C@H](NC(=O)CC(C)(C)c1ccccc1)[C@H](O)c1c(F)cccc1Cl. The van der Waals surface area contributed by atoms with Gasteiger partial charge in [0.05, 0.1) is 6.04 Å².